The van der Waals surface area contributed by atoms with Crippen LogP contribution in [0.5, 0.6) is 0 Å². The average molecular weight is 945 g/mol. The van der Waals surface area contributed by atoms with Crippen LogP contribution in [0.25, 0.3) is 49.9 Å². The van der Waals surface area contributed by atoms with Gasteiger partial charge in [0.15, 0.2) is 0 Å². The number of pyridine rings is 1. The number of rotatable bonds is 5. The molecule has 0 saturated carbocycles. The summed E-state index contributed by atoms with van der Waals surface area (Å²) in [5.41, 5.74) is 14.6. The smallest absolute Gasteiger partial charge is 0.145 e. The van der Waals surface area contributed by atoms with Gasteiger partial charge in [0.05, 0.1) is 0 Å². The second kappa shape index (κ2) is 13.9. The van der Waals surface area contributed by atoms with Gasteiger partial charge < -0.3 is 4.57 Å². The van der Waals surface area contributed by atoms with Gasteiger partial charge in [-0.05, 0) is 102 Å². The van der Waals surface area contributed by atoms with Crippen LogP contribution in [0, 0.1) is 19.1 Å². The second-order valence-electron chi connectivity index (χ2n) is 16.4. The maximum Gasteiger partial charge on any atom is 0.145 e. The normalized spacial score (nSPS) is 14.0. The minimum atomic E-state index is -0.738. The Bertz CT molecular complexity index is 3040. The summed E-state index contributed by atoms with van der Waals surface area (Å²) in [5, 5.41) is 6.45. The summed E-state index contributed by atoms with van der Waals surface area (Å²) in [5.74, 6) is 0.855. The molecule has 2 aromatic heterocycles. The van der Waals surface area contributed by atoms with Gasteiger partial charge in [-0.2, -0.15) is 35.3 Å². The molecule has 1 aliphatic carbocycles. The molecule has 3 heterocycles. The minimum absolute atomic E-state index is 0. The summed E-state index contributed by atoms with van der Waals surface area (Å²) in [6, 6.07) is 66.8. The van der Waals surface area contributed by atoms with Gasteiger partial charge in [0.1, 0.15) is 22.7 Å². The molecular formula is C53H41N4OPt-. The van der Waals surface area contributed by atoms with Crippen LogP contribution in [0.4, 0.5) is 17.1 Å². The number of hydrogen-bond donors (Lipinski definition) is 0. The van der Waals surface area contributed by atoms with Crippen molar-refractivity contribution in [3.63, 3.8) is 0 Å². The molecule has 0 fully saturated rings. The second-order valence-corrected chi connectivity index (χ2v) is 16.4. The zero-order chi connectivity index (χ0) is 39.2. The first-order valence-corrected chi connectivity index (χ1v) is 19.9. The van der Waals surface area contributed by atoms with Crippen LogP contribution in [-0.2, 0) is 26.5 Å². The zero-order valence-corrected chi connectivity index (χ0v) is 35.5. The number of para-hydroxylation sites is 3. The van der Waals surface area contributed by atoms with Gasteiger partial charge in [0.2, 0.25) is 0 Å². The molecule has 9 aromatic rings. The van der Waals surface area contributed by atoms with E-state index in [0.717, 1.165) is 61.4 Å². The number of aryl methyl sites for hydroxylation is 1. The Kier molecular flexibility index (Phi) is 8.75. The molecule has 290 valence electrons. The average Bonchev–Trinajstić information content (AvgIpc) is 3.91. The summed E-state index contributed by atoms with van der Waals surface area (Å²) >= 11 is 0. The van der Waals surface area contributed by atoms with Gasteiger partial charge in [-0.3, -0.25) is 0 Å². The fourth-order valence-electron chi connectivity index (χ4n) is 9.40. The molecule has 1 aliphatic heterocycles. The van der Waals surface area contributed by atoms with Crippen LogP contribution < -0.4 is 10.1 Å². The van der Waals surface area contributed by atoms with Gasteiger partial charge in [0, 0.05) is 43.9 Å². The number of hydrogen-bond acceptors (Lipinski definition) is 3. The molecule has 59 heavy (non-hydrogen) atoms. The number of benzene rings is 7. The van der Waals surface area contributed by atoms with Gasteiger partial charge in [0.25, 0.3) is 0 Å². The van der Waals surface area contributed by atoms with Crippen LogP contribution in [0.3, 0.4) is 0 Å². The van der Waals surface area contributed by atoms with E-state index in [4.69, 9.17) is 9.92 Å². The van der Waals surface area contributed by atoms with Crippen molar-refractivity contribution >= 4 is 38.9 Å². The van der Waals surface area contributed by atoms with E-state index >= 15 is 0 Å². The van der Waals surface area contributed by atoms with E-state index in [1.165, 1.54) is 33.4 Å². The van der Waals surface area contributed by atoms with Crippen molar-refractivity contribution in [1.29, 1.82) is 0 Å². The van der Waals surface area contributed by atoms with Gasteiger partial charge in [-0.15, -0.1) is 38.8 Å². The van der Waals surface area contributed by atoms with Crippen LogP contribution in [0.15, 0.2) is 170 Å². The zero-order valence-electron chi connectivity index (χ0n) is 33.2. The molecule has 0 unspecified atom stereocenters. The molecule has 0 bridgehead atoms. The summed E-state index contributed by atoms with van der Waals surface area (Å²) in [4.78, 5) is 10.2. The Hall–Kier alpha value is -6.26. The maximum absolute atomic E-state index is 5.21. The predicted octanol–water partition coefficient (Wildman–Crippen LogP) is 12.7. The first kappa shape index (κ1) is 37.0. The molecule has 0 atom stereocenters. The summed E-state index contributed by atoms with van der Waals surface area (Å²) < 4.78 is 2.29. The molecule has 11 rings (SSSR count). The van der Waals surface area contributed by atoms with E-state index in [-0.39, 0.29) is 26.6 Å². The van der Waals surface area contributed by atoms with Crippen molar-refractivity contribution in [1.82, 2.24) is 9.55 Å². The van der Waals surface area contributed by atoms with E-state index in [1.54, 1.807) is 0 Å². The van der Waals surface area contributed by atoms with Crippen molar-refractivity contribution in [3.8, 4) is 28.1 Å². The van der Waals surface area contributed by atoms with E-state index in [0.29, 0.717) is 0 Å². The van der Waals surface area contributed by atoms with Crippen molar-refractivity contribution in [2.75, 3.05) is 10.1 Å². The van der Waals surface area contributed by atoms with Crippen molar-refractivity contribution < 1.29 is 26.0 Å². The Morgan fingerprint density at radius 1 is 0.593 bits per heavy atom. The predicted molar refractivity (Wildman–Crippen MR) is 236 cm³/mol. The van der Waals surface area contributed by atoms with Crippen molar-refractivity contribution in [2.45, 2.75) is 38.6 Å². The van der Waals surface area contributed by atoms with E-state index in [9.17, 15) is 0 Å². The van der Waals surface area contributed by atoms with E-state index < -0.39 is 5.41 Å². The molecule has 0 spiro atoms. The molecule has 6 heteroatoms. The molecule has 0 radical (unpaired) electrons. The summed E-state index contributed by atoms with van der Waals surface area (Å²) in [6.45, 7) is 8.74. The van der Waals surface area contributed by atoms with Crippen molar-refractivity contribution in [3.05, 3.63) is 210 Å². The Labute approximate surface area is 359 Å². The SMILES string of the molecule is Cc1ccccc1-c1ccnc(-n2c3[c-]c(C4(c5[c-]c(N6[OH+]N(C(C)(C)C)c7ccccc76)ccc5)c5ccccc5-c5ccccc54)ccc3c3ccccc32)c1.[Pt]. The van der Waals surface area contributed by atoms with Crippen LogP contribution in [0.2, 0.25) is 0 Å². The van der Waals surface area contributed by atoms with Crippen molar-refractivity contribution in [2.24, 2.45) is 0 Å². The van der Waals surface area contributed by atoms with Gasteiger partial charge in [-0.1, -0.05) is 109 Å². The number of fused-ring (bicyclic) bond motifs is 7. The monoisotopic (exact) mass is 944 g/mol. The fraction of sp³-hybridized carbons (Fsp3) is 0.113. The number of hydroxylamine groups is 1. The van der Waals surface area contributed by atoms with E-state index in [2.05, 4.69) is 213 Å². The van der Waals surface area contributed by atoms with Gasteiger partial charge in [-0.25, -0.2) is 4.98 Å². The third-order valence-electron chi connectivity index (χ3n) is 11.9. The summed E-state index contributed by atoms with van der Waals surface area (Å²) in [6.07, 6.45) is 1.93. The molecule has 2 aliphatic rings. The van der Waals surface area contributed by atoms with Gasteiger partial charge >= 0.3 is 0 Å². The minimum Gasteiger partial charge on any atom is -0.319 e. The third-order valence-corrected chi connectivity index (χ3v) is 11.9. The maximum atomic E-state index is 5.21. The molecule has 5 nitrogen and oxygen atoms in total. The molecular weight excluding hydrogens is 904 g/mol. The largest absolute Gasteiger partial charge is 0.319 e. The first-order valence-electron chi connectivity index (χ1n) is 19.9. The Morgan fingerprint density at radius 3 is 1.98 bits per heavy atom. The Balaban J connectivity index is 0.00000420. The van der Waals surface area contributed by atoms with E-state index in [1.807, 2.05) is 11.3 Å². The molecule has 7 aromatic carbocycles. The standard InChI is InChI=1S/C53H40N4O.Pt/c1-35-16-5-6-19-40(35)36-30-31-54-51(32-36)55-47-25-12-9-22-43(47)44-29-28-38(34-50(44)55)53(45-23-10-7-20-41(45)42-21-8-11-24-46(42)53)37-17-15-18-39(33-37)56-48-26-13-14-27-49(48)57(58-56)52(2,3)4;/h5-32H,1-4H3;/q-2;/p+1. The first-order chi connectivity index (χ1) is 28.3. The molecule has 1 N–H and O–H groups in total. The number of aromatic nitrogens is 2. The number of anilines is 3. The topological polar surface area (TPSA) is 37.1 Å². The quantitative estimate of drug-likeness (QED) is 0.127. The van der Waals surface area contributed by atoms with Crippen LogP contribution in [-0.4, -0.2) is 20.0 Å². The van der Waals surface area contributed by atoms with Crippen LogP contribution >= 0.6 is 0 Å². The summed E-state index contributed by atoms with van der Waals surface area (Å²) in [7, 11) is 0. The molecule has 0 saturated heterocycles. The number of nitrogens with zero attached hydrogens (tertiary/aromatic N) is 4. The fourth-order valence-corrected chi connectivity index (χ4v) is 9.40. The molecule has 0 amide bonds. The third kappa shape index (κ3) is 5.56. The Morgan fingerprint density at radius 2 is 1.24 bits per heavy atom. The van der Waals surface area contributed by atoms with Crippen LogP contribution in [0.1, 0.15) is 48.6 Å².